The molecule has 3 aromatic carbocycles. The number of unbranched alkanes of at least 4 members (excludes halogenated alkanes) is 1. The van der Waals surface area contributed by atoms with Crippen LogP contribution < -0.4 is 9.64 Å². The number of halogens is 1. The van der Waals surface area contributed by atoms with Gasteiger partial charge in [0.1, 0.15) is 17.3 Å². The lowest BCUT2D eigenvalue weighted by Gasteiger charge is -2.36. The number of hydrogen-bond acceptors (Lipinski definition) is 7. The average Bonchev–Trinajstić information content (AvgIpc) is 3.72. The summed E-state index contributed by atoms with van der Waals surface area (Å²) < 4.78 is 7.59. The first-order valence-corrected chi connectivity index (χ1v) is 15.3. The highest BCUT2D eigenvalue weighted by molar-refractivity contribution is 6.32. The summed E-state index contributed by atoms with van der Waals surface area (Å²) in [7, 11) is 1.68. The molecule has 1 aliphatic rings. The molecule has 1 fully saturated rings. The first kappa shape index (κ1) is 29.4. The number of ether oxygens (including phenoxy) is 1. The predicted molar refractivity (Wildman–Crippen MR) is 171 cm³/mol. The summed E-state index contributed by atoms with van der Waals surface area (Å²) in [4.78, 5) is 23.0. The second kappa shape index (κ2) is 13.3. The summed E-state index contributed by atoms with van der Waals surface area (Å²) in [6.45, 7) is 5.10. The number of tetrazole rings is 1. The fourth-order valence-electron chi connectivity index (χ4n) is 5.84. The number of piperazine rings is 1. The van der Waals surface area contributed by atoms with Gasteiger partial charge in [-0.05, 0) is 40.5 Å². The van der Waals surface area contributed by atoms with Gasteiger partial charge in [0, 0.05) is 38.2 Å². The Kier molecular flexibility index (Phi) is 8.88. The second-order valence-corrected chi connectivity index (χ2v) is 11.1. The number of carbonyl (C=O) groups is 1. The van der Waals surface area contributed by atoms with Crippen molar-refractivity contribution in [1.29, 1.82) is 0 Å². The van der Waals surface area contributed by atoms with E-state index in [0.29, 0.717) is 44.2 Å². The van der Waals surface area contributed by atoms with Gasteiger partial charge in [-0.1, -0.05) is 85.6 Å². The number of amides is 1. The molecular weight excluding hydrogens is 576 g/mol. The van der Waals surface area contributed by atoms with Gasteiger partial charge < -0.3 is 19.1 Å². The van der Waals surface area contributed by atoms with Gasteiger partial charge in [-0.15, -0.1) is 10.2 Å². The van der Waals surface area contributed by atoms with Crippen LogP contribution in [0.15, 0.2) is 72.8 Å². The number of aromatic nitrogens is 6. The summed E-state index contributed by atoms with van der Waals surface area (Å²) in [5.74, 6) is 2.06. The number of imidazole rings is 1. The van der Waals surface area contributed by atoms with E-state index in [1.165, 1.54) is 0 Å². The molecule has 0 radical (unpaired) electrons. The molecule has 0 atom stereocenters. The molecule has 2 aromatic heterocycles. The summed E-state index contributed by atoms with van der Waals surface area (Å²) in [6.07, 6.45) is 2.68. The summed E-state index contributed by atoms with van der Waals surface area (Å²) >= 11 is 6.79. The minimum Gasteiger partial charge on any atom is -0.495 e. The molecule has 0 aliphatic carbocycles. The number of rotatable bonds is 10. The standard InChI is InChI=1S/C33H35ClN8O2/c1-3-4-17-29-35-31(34)30(33(43)41-20-18-40(19-21-41)27-15-9-10-16-28(27)44-2)42(29)22-23-11-5-6-12-24(23)25-13-7-8-14-26(25)32-36-38-39-37-32/h5-16H,3-4,17-22H2,1-2H3,(H,36,37,38,39). The molecule has 5 aromatic rings. The number of methoxy groups -OCH3 is 1. The third-order valence-electron chi connectivity index (χ3n) is 8.10. The van der Waals surface area contributed by atoms with E-state index in [-0.39, 0.29) is 11.1 Å². The van der Waals surface area contributed by atoms with Crippen molar-refractivity contribution >= 4 is 23.2 Å². The van der Waals surface area contributed by atoms with Gasteiger partial charge in [-0.25, -0.2) is 4.98 Å². The van der Waals surface area contributed by atoms with E-state index in [0.717, 1.165) is 58.8 Å². The zero-order valence-corrected chi connectivity index (χ0v) is 25.7. The number of benzene rings is 3. The Bertz CT molecular complexity index is 1730. The van der Waals surface area contributed by atoms with E-state index < -0.39 is 0 Å². The normalized spacial score (nSPS) is 13.3. The second-order valence-electron chi connectivity index (χ2n) is 10.7. The minimum absolute atomic E-state index is 0.102. The van der Waals surface area contributed by atoms with Crippen LogP contribution in [0.3, 0.4) is 0 Å². The Morgan fingerprint density at radius 2 is 1.64 bits per heavy atom. The lowest BCUT2D eigenvalue weighted by atomic mass is 9.95. The highest BCUT2D eigenvalue weighted by atomic mass is 35.5. The van der Waals surface area contributed by atoms with Crippen molar-refractivity contribution < 1.29 is 9.53 Å². The summed E-state index contributed by atoms with van der Waals surface area (Å²) in [6, 6.07) is 24.2. The first-order valence-electron chi connectivity index (χ1n) is 14.9. The van der Waals surface area contributed by atoms with Crippen LogP contribution in [0.25, 0.3) is 22.5 Å². The number of anilines is 1. The smallest absolute Gasteiger partial charge is 0.273 e. The fraction of sp³-hybridized carbons (Fsp3) is 0.303. The molecule has 1 aliphatic heterocycles. The summed E-state index contributed by atoms with van der Waals surface area (Å²) in [5, 5.41) is 15.0. The maximum Gasteiger partial charge on any atom is 0.273 e. The quantitative estimate of drug-likeness (QED) is 0.215. The molecule has 10 nitrogen and oxygen atoms in total. The van der Waals surface area contributed by atoms with Gasteiger partial charge in [0.15, 0.2) is 5.15 Å². The Hall–Kier alpha value is -4.70. The van der Waals surface area contributed by atoms with E-state index >= 15 is 0 Å². The van der Waals surface area contributed by atoms with Gasteiger partial charge in [-0.3, -0.25) is 4.79 Å². The van der Waals surface area contributed by atoms with E-state index in [1.54, 1.807) is 7.11 Å². The maximum atomic E-state index is 14.2. The maximum absolute atomic E-state index is 14.2. The van der Waals surface area contributed by atoms with Crippen molar-refractivity contribution in [3.8, 4) is 28.3 Å². The first-order chi connectivity index (χ1) is 21.6. The Balaban J connectivity index is 1.32. The van der Waals surface area contributed by atoms with Crippen LogP contribution in [0.2, 0.25) is 5.15 Å². The number of para-hydroxylation sites is 2. The summed E-state index contributed by atoms with van der Waals surface area (Å²) in [5.41, 5.74) is 5.36. The molecule has 1 N–H and O–H groups in total. The van der Waals surface area contributed by atoms with Gasteiger partial charge in [0.05, 0.1) is 19.3 Å². The van der Waals surface area contributed by atoms with Crippen molar-refractivity contribution in [2.45, 2.75) is 32.7 Å². The zero-order valence-electron chi connectivity index (χ0n) is 24.9. The number of H-pyrrole nitrogens is 1. The number of hydrogen-bond donors (Lipinski definition) is 1. The van der Waals surface area contributed by atoms with Crippen LogP contribution in [0.1, 0.15) is 41.6 Å². The van der Waals surface area contributed by atoms with Crippen molar-refractivity contribution in [3.05, 3.63) is 95.0 Å². The van der Waals surface area contributed by atoms with Crippen LogP contribution in [-0.4, -0.2) is 74.3 Å². The molecule has 0 bridgehead atoms. The molecule has 0 saturated carbocycles. The van der Waals surface area contributed by atoms with Crippen LogP contribution in [0.5, 0.6) is 5.75 Å². The third kappa shape index (κ3) is 5.90. The average molecular weight is 611 g/mol. The van der Waals surface area contributed by atoms with E-state index in [1.807, 2.05) is 58.0 Å². The van der Waals surface area contributed by atoms with E-state index in [4.69, 9.17) is 21.3 Å². The van der Waals surface area contributed by atoms with Crippen LogP contribution >= 0.6 is 11.6 Å². The minimum atomic E-state index is -0.102. The molecule has 3 heterocycles. The largest absolute Gasteiger partial charge is 0.495 e. The molecule has 0 unspecified atom stereocenters. The number of carbonyl (C=O) groups excluding carboxylic acids is 1. The van der Waals surface area contributed by atoms with Crippen molar-refractivity contribution in [2.24, 2.45) is 0 Å². The van der Waals surface area contributed by atoms with Crippen LogP contribution in [0.4, 0.5) is 5.69 Å². The number of nitrogens with one attached hydrogen (secondary N) is 1. The molecule has 1 saturated heterocycles. The fourth-order valence-corrected chi connectivity index (χ4v) is 6.12. The lowest BCUT2D eigenvalue weighted by molar-refractivity contribution is 0.0736. The van der Waals surface area contributed by atoms with Gasteiger partial charge >= 0.3 is 0 Å². The highest BCUT2D eigenvalue weighted by Gasteiger charge is 2.30. The van der Waals surface area contributed by atoms with Crippen LogP contribution in [-0.2, 0) is 13.0 Å². The number of nitrogens with zero attached hydrogens (tertiary/aromatic N) is 7. The van der Waals surface area contributed by atoms with Crippen molar-refractivity contribution in [1.82, 2.24) is 35.1 Å². The SMILES string of the molecule is CCCCc1nc(Cl)c(C(=O)N2CCN(c3ccccc3OC)CC2)n1Cc1ccccc1-c1ccccc1-c1nn[nH]n1. The zero-order chi connectivity index (χ0) is 30.5. The molecular formula is C33H35ClN8O2. The lowest BCUT2D eigenvalue weighted by Crippen LogP contribution is -2.49. The number of aryl methyl sites for hydroxylation is 1. The highest BCUT2D eigenvalue weighted by Crippen LogP contribution is 2.34. The third-order valence-corrected chi connectivity index (χ3v) is 8.37. The van der Waals surface area contributed by atoms with Crippen LogP contribution in [0, 0.1) is 0 Å². The van der Waals surface area contributed by atoms with Gasteiger partial charge in [0.2, 0.25) is 5.82 Å². The van der Waals surface area contributed by atoms with Gasteiger partial charge in [-0.2, -0.15) is 5.21 Å². The molecule has 226 valence electrons. The Morgan fingerprint density at radius 3 is 2.36 bits per heavy atom. The van der Waals surface area contributed by atoms with E-state index in [2.05, 4.69) is 56.7 Å². The van der Waals surface area contributed by atoms with Gasteiger partial charge in [0.25, 0.3) is 5.91 Å². The number of aromatic amines is 1. The molecule has 6 rings (SSSR count). The topological polar surface area (TPSA) is 105 Å². The Morgan fingerprint density at radius 1 is 0.932 bits per heavy atom. The van der Waals surface area contributed by atoms with Crippen molar-refractivity contribution in [2.75, 3.05) is 38.2 Å². The van der Waals surface area contributed by atoms with Crippen molar-refractivity contribution in [3.63, 3.8) is 0 Å². The molecule has 1 amide bonds. The predicted octanol–water partition coefficient (Wildman–Crippen LogP) is 5.75. The molecule has 44 heavy (non-hydrogen) atoms. The Labute approximate surface area is 261 Å². The molecule has 11 heteroatoms. The monoisotopic (exact) mass is 610 g/mol. The molecule has 0 spiro atoms. The van der Waals surface area contributed by atoms with E-state index in [9.17, 15) is 4.79 Å².